The fourth-order valence-electron chi connectivity index (χ4n) is 2.33. The summed E-state index contributed by atoms with van der Waals surface area (Å²) < 4.78 is 29.0. The number of methoxy groups -OCH3 is 1. The van der Waals surface area contributed by atoms with Crippen LogP contribution < -0.4 is 10.1 Å². The average Bonchev–Trinajstić information content (AvgIpc) is 2.53. The lowest BCUT2D eigenvalue weighted by molar-refractivity contribution is 0.416. The Bertz CT molecular complexity index is 1040. The molecule has 0 radical (unpaired) electrons. The van der Waals surface area contributed by atoms with Crippen LogP contribution in [0.5, 0.6) is 5.75 Å². The van der Waals surface area contributed by atoms with Gasteiger partial charge in [0.15, 0.2) is 15.6 Å². The van der Waals surface area contributed by atoms with Crippen LogP contribution in [0.4, 0.5) is 11.6 Å². The number of sulfone groups is 1. The zero-order valence-corrected chi connectivity index (χ0v) is 15.9. The highest BCUT2D eigenvalue weighted by Crippen LogP contribution is 2.32. The molecule has 0 saturated heterocycles. The molecule has 0 atom stereocenters. The predicted molar refractivity (Wildman–Crippen MR) is 99.9 cm³/mol. The number of pyridine rings is 1. The quantitative estimate of drug-likeness (QED) is 0.674. The van der Waals surface area contributed by atoms with Crippen molar-refractivity contribution in [2.24, 2.45) is 0 Å². The van der Waals surface area contributed by atoms with Gasteiger partial charge in [-0.3, -0.25) is 4.98 Å². The van der Waals surface area contributed by atoms with E-state index < -0.39 is 9.84 Å². The number of hydrogen-bond donors (Lipinski definition) is 1. The van der Waals surface area contributed by atoms with Gasteiger partial charge in [0.2, 0.25) is 5.95 Å². The highest BCUT2D eigenvalue weighted by molar-refractivity contribution is 9.10. The van der Waals surface area contributed by atoms with E-state index >= 15 is 0 Å². The molecular weight excluding hydrogens is 408 g/mol. The van der Waals surface area contributed by atoms with Crippen LogP contribution in [0.3, 0.4) is 0 Å². The number of benzene rings is 1. The average molecular weight is 423 g/mol. The van der Waals surface area contributed by atoms with Gasteiger partial charge < -0.3 is 10.1 Å². The van der Waals surface area contributed by atoms with E-state index in [0.29, 0.717) is 28.6 Å². The van der Waals surface area contributed by atoms with Gasteiger partial charge in [0.1, 0.15) is 5.52 Å². The standard InChI is InChI=1S/C16H15BrN4O3S/c1-24-15-13(17)4-3-10-8-19-16(21-14(10)15)20-11-5-6-18-12(7-11)9-25(2,22)23/h3-8H,9H2,1-2H3,(H,18,19,20,21). The van der Waals surface area contributed by atoms with Gasteiger partial charge in [-0.2, -0.15) is 0 Å². The summed E-state index contributed by atoms with van der Waals surface area (Å²) in [5, 5.41) is 3.91. The molecule has 0 aliphatic heterocycles. The molecule has 7 nitrogen and oxygen atoms in total. The van der Waals surface area contributed by atoms with Crippen molar-refractivity contribution in [2.45, 2.75) is 5.75 Å². The summed E-state index contributed by atoms with van der Waals surface area (Å²) in [6.45, 7) is 0. The summed E-state index contributed by atoms with van der Waals surface area (Å²) in [7, 11) is -1.57. The molecule has 2 heterocycles. The lowest BCUT2D eigenvalue weighted by Gasteiger charge is -2.10. The first kappa shape index (κ1) is 17.6. The first-order valence-corrected chi connectivity index (χ1v) is 10.1. The van der Waals surface area contributed by atoms with Crippen LogP contribution in [0, 0.1) is 0 Å². The topological polar surface area (TPSA) is 94.1 Å². The van der Waals surface area contributed by atoms with Gasteiger partial charge >= 0.3 is 0 Å². The van der Waals surface area contributed by atoms with Crippen molar-refractivity contribution in [3.63, 3.8) is 0 Å². The minimum Gasteiger partial charge on any atom is -0.493 e. The monoisotopic (exact) mass is 422 g/mol. The van der Waals surface area contributed by atoms with E-state index in [2.05, 4.69) is 36.2 Å². The number of nitrogens with one attached hydrogen (secondary N) is 1. The van der Waals surface area contributed by atoms with Crippen molar-refractivity contribution in [3.05, 3.63) is 46.8 Å². The van der Waals surface area contributed by atoms with Gasteiger partial charge in [0.25, 0.3) is 0 Å². The molecule has 0 bridgehead atoms. The van der Waals surface area contributed by atoms with Crippen LogP contribution in [0.1, 0.15) is 5.69 Å². The molecule has 1 N–H and O–H groups in total. The Morgan fingerprint density at radius 1 is 1.24 bits per heavy atom. The van der Waals surface area contributed by atoms with Gasteiger partial charge in [-0.25, -0.2) is 18.4 Å². The van der Waals surface area contributed by atoms with E-state index in [1.165, 1.54) is 6.26 Å². The Morgan fingerprint density at radius 2 is 2.04 bits per heavy atom. The van der Waals surface area contributed by atoms with Crippen molar-refractivity contribution < 1.29 is 13.2 Å². The maximum atomic E-state index is 11.4. The van der Waals surface area contributed by atoms with E-state index in [4.69, 9.17) is 4.74 Å². The second kappa shape index (κ2) is 6.93. The molecular formula is C16H15BrN4O3S. The van der Waals surface area contributed by atoms with Crippen molar-refractivity contribution in [2.75, 3.05) is 18.7 Å². The minimum absolute atomic E-state index is 0.123. The Balaban J connectivity index is 1.94. The van der Waals surface area contributed by atoms with Crippen molar-refractivity contribution in [1.82, 2.24) is 15.0 Å². The Morgan fingerprint density at radius 3 is 2.76 bits per heavy atom. The summed E-state index contributed by atoms with van der Waals surface area (Å²) in [5.74, 6) is 0.873. The van der Waals surface area contributed by atoms with E-state index in [9.17, 15) is 8.42 Å². The van der Waals surface area contributed by atoms with Crippen LogP contribution >= 0.6 is 15.9 Å². The molecule has 1 aromatic carbocycles. The summed E-state index contributed by atoms with van der Waals surface area (Å²) in [6.07, 6.45) is 4.41. The van der Waals surface area contributed by atoms with Crippen LogP contribution in [-0.2, 0) is 15.6 Å². The predicted octanol–water partition coefficient (Wildman–Crippen LogP) is 3.08. The largest absolute Gasteiger partial charge is 0.493 e. The van der Waals surface area contributed by atoms with Gasteiger partial charge in [-0.1, -0.05) is 0 Å². The van der Waals surface area contributed by atoms with Crippen LogP contribution in [0.2, 0.25) is 0 Å². The molecule has 3 rings (SSSR count). The number of halogens is 1. The molecule has 130 valence electrons. The molecule has 25 heavy (non-hydrogen) atoms. The highest BCUT2D eigenvalue weighted by Gasteiger charge is 2.11. The molecule has 9 heteroatoms. The first-order chi connectivity index (χ1) is 11.9. The van der Waals surface area contributed by atoms with Gasteiger partial charge in [0.05, 0.1) is 23.0 Å². The summed E-state index contributed by atoms with van der Waals surface area (Å²) >= 11 is 3.44. The normalized spacial score (nSPS) is 11.5. The zero-order chi connectivity index (χ0) is 18.0. The maximum absolute atomic E-state index is 11.4. The lowest BCUT2D eigenvalue weighted by Crippen LogP contribution is -2.04. The minimum atomic E-state index is -3.15. The number of rotatable bonds is 5. The van der Waals surface area contributed by atoms with E-state index in [1.807, 2.05) is 12.1 Å². The number of anilines is 2. The van der Waals surface area contributed by atoms with Gasteiger partial charge in [-0.05, 0) is 40.2 Å². The summed E-state index contributed by atoms with van der Waals surface area (Å²) in [5.41, 5.74) is 1.77. The third-order valence-corrected chi connectivity index (χ3v) is 4.79. The molecule has 0 unspecified atom stereocenters. The number of fused-ring (bicyclic) bond motifs is 1. The number of aromatic nitrogens is 3. The van der Waals surface area contributed by atoms with Crippen LogP contribution in [0.25, 0.3) is 10.9 Å². The van der Waals surface area contributed by atoms with Crippen molar-refractivity contribution >= 4 is 48.3 Å². The zero-order valence-electron chi connectivity index (χ0n) is 13.5. The maximum Gasteiger partial charge on any atom is 0.227 e. The second-order valence-electron chi connectivity index (χ2n) is 5.44. The number of hydrogen-bond acceptors (Lipinski definition) is 7. The highest BCUT2D eigenvalue weighted by atomic mass is 79.9. The van der Waals surface area contributed by atoms with Crippen molar-refractivity contribution in [1.29, 1.82) is 0 Å². The Labute approximate surface area is 153 Å². The van der Waals surface area contributed by atoms with Crippen molar-refractivity contribution in [3.8, 4) is 5.75 Å². The summed E-state index contributed by atoms with van der Waals surface area (Å²) in [6, 6.07) is 7.14. The molecule has 0 amide bonds. The van der Waals surface area contributed by atoms with E-state index in [-0.39, 0.29) is 5.75 Å². The molecule has 0 aliphatic carbocycles. The first-order valence-electron chi connectivity index (χ1n) is 7.24. The number of nitrogens with zero attached hydrogens (tertiary/aromatic N) is 3. The molecule has 0 fully saturated rings. The Hall–Kier alpha value is -2.26. The van der Waals surface area contributed by atoms with Gasteiger partial charge in [0, 0.05) is 29.7 Å². The lowest BCUT2D eigenvalue weighted by atomic mass is 10.2. The van der Waals surface area contributed by atoms with Crippen LogP contribution in [-0.4, -0.2) is 36.7 Å². The fourth-order valence-corrected chi connectivity index (χ4v) is 3.51. The fraction of sp³-hybridized carbons (Fsp3) is 0.188. The van der Waals surface area contributed by atoms with Gasteiger partial charge in [-0.15, -0.1) is 0 Å². The Kier molecular flexibility index (Phi) is 4.87. The smallest absolute Gasteiger partial charge is 0.227 e. The van der Waals surface area contributed by atoms with E-state index in [0.717, 1.165) is 9.86 Å². The van der Waals surface area contributed by atoms with Crippen LogP contribution in [0.15, 0.2) is 41.1 Å². The number of ether oxygens (including phenoxy) is 1. The molecule has 0 spiro atoms. The second-order valence-corrected chi connectivity index (χ2v) is 8.44. The third-order valence-electron chi connectivity index (χ3n) is 3.35. The molecule has 0 aliphatic rings. The third kappa shape index (κ3) is 4.23. The molecule has 0 saturated carbocycles. The SMILES string of the molecule is COc1c(Br)ccc2cnc(Nc3ccnc(CS(C)(=O)=O)c3)nc12. The molecule has 3 aromatic rings. The van der Waals surface area contributed by atoms with E-state index in [1.54, 1.807) is 31.6 Å². The molecule has 2 aromatic heterocycles. The summed E-state index contributed by atoms with van der Waals surface area (Å²) in [4.78, 5) is 12.8.